The van der Waals surface area contributed by atoms with Gasteiger partial charge >= 0.3 is 6.61 Å². The molecule has 0 bridgehead atoms. The van der Waals surface area contributed by atoms with Crippen molar-refractivity contribution in [2.45, 2.75) is 26.0 Å². The van der Waals surface area contributed by atoms with E-state index in [1.807, 2.05) is 31.3 Å². The first kappa shape index (κ1) is 15.4. The number of halogens is 2. The van der Waals surface area contributed by atoms with Crippen LogP contribution in [-0.4, -0.2) is 18.1 Å². The van der Waals surface area contributed by atoms with E-state index in [0.717, 1.165) is 24.1 Å². The van der Waals surface area contributed by atoms with Crippen LogP contribution in [0.25, 0.3) is 0 Å². The number of hydrogen-bond acceptors (Lipinski definition) is 3. The van der Waals surface area contributed by atoms with E-state index in [1.165, 1.54) is 6.07 Å². The number of pyridine rings is 1. The lowest BCUT2D eigenvalue weighted by molar-refractivity contribution is -0.0499. The fraction of sp³-hybridized carbons (Fsp3) is 0.312. The molecular weight excluding hydrogens is 274 g/mol. The van der Waals surface area contributed by atoms with Crippen molar-refractivity contribution < 1.29 is 13.5 Å². The molecule has 3 nitrogen and oxygen atoms in total. The molecule has 2 rings (SSSR count). The van der Waals surface area contributed by atoms with Gasteiger partial charge < -0.3 is 10.1 Å². The van der Waals surface area contributed by atoms with E-state index in [0.29, 0.717) is 0 Å². The monoisotopic (exact) mass is 292 g/mol. The predicted octanol–water partition coefficient (Wildman–Crippen LogP) is 3.58. The van der Waals surface area contributed by atoms with Gasteiger partial charge in [0.1, 0.15) is 5.75 Å². The highest BCUT2D eigenvalue weighted by molar-refractivity contribution is 5.30. The molecule has 0 amide bonds. The van der Waals surface area contributed by atoms with Gasteiger partial charge in [-0.15, -0.1) is 0 Å². The van der Waals surface area contributed by atoms with Crippen LogP contribution in [0.15, 0.2) is 48.8 Å². The van der Waals surface area contributed by atoms with Gasteiger partial charge in [0.25, 0.3) is 0 Å². The molecule has 0 fully saturated rings. The van der Waals surface area contributed by atoms with Crippen LogP contribution in [0.4, 0.5) is 8.78 Å². The molecule has 112 valence electrons. The minimum atomic E-state index is -2.80. The largest absolute Gasteiger partial charge is 0.435 e. The predicted molar refractivity (Wildman–Crippen MR) is 77.4 cm³/mol. The molecule has 0 aliphatic carbocycles. The molecule has 2 aromatic rings. The van der Waals surface area contributed by atoms with Crippen LogP contribution in [0.3, 0.4) is 0 Å². The van der Waals surface area contributed by atoms with Crippen LogP contribution in [0.1, 0.15) is 24.1 Å². The third-order valence-electron chi connectivity index (χ3n) is 3.17. The lowest BCUT2D eigenvalue weighted by Gasteiger charge is -2.15. The normalized spacial score (nSPS) is 12.4. The summed E-state index contributed by atoms with van der Waals surface area (Å²) >= 11 is 0. The first-order valence-electron chi connectivity index (χ1n) is 6.82. The van der Waals surface area contributed by atoms with Crippen molar-refractivity contribution >= 4 is 0 Å². The highest BCUT2D eigenvalue weighted by Crippen LogP contribution is 2.20. The molecule has 0 saturated heterocycles. The van der Waals surface area contributed by atoms with Crippen LogP contribution in [-0.2, 0) is 6.42 Å². The Kier molecular flexibility index (Phi) is 5.63. The average Bonchev–Trinajstić information content (AvgIpc) is 2.48. The number of rotatable bonds is 7. The number of hydrogen-bond donors (Lipinski definition) is 1. The average molecular weight is 292 g/mol. The van der Waals surface area contributed by atoms with E-state index in [1.54, 1.807) is 18.3 Å². The lowest BCUT2D eigenvalue weighted by atomic mass is 10.1. The maximum absolute atomic E-state index is 12.2. The van der Waals surface area contributed by atoms with Crippen LogP contribution in [0, 0.1) is 0 Å². The zero-order valence-corrected chi connectivity index (χ0v) is 11.8. The zero-order chi connectivity index (χ0) is 15.1. The number of ether oxygens (including phenoxy) is 1. The molecule has 1 aromatic carbocycles. The first-order chi connectivity index (χ1) is 10.1. The molecule has 1 unspecified atom stereocenters. The molecule has 1 atom stereocenters. The smallest absolute Gasteiger partial charge is 0.387 e. The highest BCUT2D eigenvalue weighted by Gasteiger charge is 2.08. The topological polar surface area (TPSA) is 34.2 Å². The maximum atomic E-state index is 12.2. The Bertz CT molecular complexity index is 549. The number of nitrogens with zero attached hydrogens (tertiary/aromatic N) is 1. The molecular formula is C16H18F2N2O. The molecule has 5 heteroatoms. The molecule has 0 saturated carbocycles. The van der Waals surface area contributed by atoms with Crippen molar-refractivity contribution in [1.29, 1.82) is 0 Å². The minimum absolute atomic E-state index is 0.0582. The summed E-state index contributed by atoms with van der Waals surface area (Å²) in [5.41, 5.74) is 2.08. The van der Waals surface area contributed by atoms with Crippen LogP contribution < -0.4 is 10.1 Å². The SMILES string of the molecule is CC(NCCc1cccnc1)c1cccc(OC(F)F)c1. The van der Waals surface area contributed by atoms with Gasteiger partial charge in [-0.3, -0.25) is 4.98 Å². The fourth-order valence-corrected chi connectivity index (χ4v) is 2.06. The molecule has 0 aliphatic heterocycles. The second-order valence-electron chi connectivity index (χ2n) is 4.74. The summed E-state index contributed by atoms with van der Waals surface area (Å²) in [6.45, 7) is -0.0218. The molecule has 1 heterocycles. The summed E-state index contributed by atoms with van der Waals surface area (Å²) < 4.78 is 28.8. The van der Waals surface area contributed by atoms with Gasteiger partial charge in [-0.05, 0) is 49.2 Å². The second-order valence-corrected chi connectivity index (χ2v) is 4.74. The quantitative estimate of drug-likeness (QED) is 0.847. The van der Waals surface area contributed by atoms with Crippen molar-refractivity contribution in [1.82, 2.24) is 10.3 Å². The lowest BCUT2D eigenvalue weighted by Crippen LogP contribution is -2.21. The molecule has 0 aliphatic rings. The molecule has 21 heavy (non-hydrogen) atoms. The summed E-state index contributed by atoms with van der Waals surface area (Å²) in [5.74, 6) is 0.184. The summed E-state index contributed by atoms with van der Waals surface area (Å²) in [5, 5.41) is 3.36. The summed E-state index contributed by atoms with van der Waals surface area (Å²) in [6.07, 6.45) is 4.45. The van der Waals surface area contributed by atoms with Gasteiger partial charge in [-0.1, -0.05) is 18.2 Å². The Morgan fingerprint density at radius 1 is 1.24 bits per heavy atom. The number of benzene rings is 1. The van der Waals surface area contributed by atoms with Gasteiger partial charge in [0.2, 0.25) is 0 Å². The Balaban J connectivity index is 1.86. The number of nitrogens with one attached hydrogen (secondary N) is 1. The van der Waals surface area contributed by atoms with E-state index < -0.39 is 6.61 Å². The Labute approximate surface area is 123 Å². The van der Waals surface area contributed by atoms with E-state index in [4.69, 9.17) is 0 Å². The van der Waals surface area contributed by atoms with E-state index >= 15 is 0 Å². The fourth-order valence-electron chi connectivity index (χ4n) is 2.06. The van der Waals surface area contributed by atoms with Crippen molar-refractivity contribution in [2.24, 2.45) is 0 Å². The molecule has 0 spiro atoms. The Hall–Kier alpha value is -2.01. The van der Waals surface area contributed by atoms with Crippen LogP contribution in [0.5, 0.6) is 5.75 Å². The number of alkyl halides is 2. The summed E-state index contributed by atoms with van der Waals surface area (Å²) in [6, 6.07) is 10.8. The summed E-state index contributed by atoms with van der Waals surface area (Å²) in [7, 11) is 0. The molecule has 0 radical (unpaired) electrons. The van der Waals surface area contributed by atoms with Gasteiger partial charge in [0, 0.05) is 18.4 Å². The highest BCUT2D eigenvalue weighted by atomic mass is 19.3. The Morgan fingerprint density at radius 2 is 2.10 bits per heavy atom. The van der Waals surface area contributed by atoms with Gasteiger partial charge in [0.15, 0.2) is 0 Å². The third kappa shape index (κ3) is 5.11. The molecule has 1 aromatic heterocycles. The van der Waals surface area contributed by atoms with Crippen molar-refractivity contribution in [2.75, 3.05) is 6.54 Å². The Morgan fingerprint density at radius 3 is 2.81 bits per heavy atom. The van der Waals surface area contributed by atoms with Crippen molar-refractivity contribution in [3.8, 4) is 5.75 Å². The number of aromatic nitrogens is 1. The van der Waals surface area contributed by atoms with E-state index in [9.17, 15) is 8.78 Å². The summed E-state index contributed by atoms with van der Waals surface area (Å²) in [4.78, 5) is 4.06. The van der Waals surface area contributed by atoms with E-state index in [-0.39, 0.29) is 11.8 Å². The van der Waals surface area contributed by atoms with Gasteiger partial charge in [0.05, 0.1) is 0 Å². The van der Waals surface area contributed by atoms with Gasteiger partial charge in [-0.25, -0.2) is 0 Å². The maximum Gasteiger partial charge on any atom is 0.387 e. The van der Waals surface area contributed by atoms with Crippen LogP contribution in [0.2, 0.25) is 0 Å². The standard InChI is InChI=1S/C16H18F2N2O/c1-12(20-9-7-13-4-3-8-19-11-13)14-5-2-6-15(10-14)21-16(17)18/h2-6,8,10-12,16,20H,7,9H2,1H3. The first-order valence-corrected chi connectivity index (χ1v) is 6.82. The van der Waals surface area contributed by atoms with Crippen molar-refractivity contribution in [3.63, 3.8) is 0 Å². The van der Waals surface area contributed by atoms with Crippen molar-refractivity contribution in [3.05, 3.63) is 59.9 Å². The second kappa shape index (κ2) is 7.69. The van der Waals surface area contributed by atoms with Gasteiger partial charge in [-0.2, -0.15) is 8.78 Å². The molecule has 1 N–H and O–H groups in total. The third-order valence-corrected chi connectivity index (χ3v) is 3.17. The minimum Gasteiger partial charge on any atom is -0.435 e. The zero-order valence-electron chi connectivity index (χ0n) is 11.8. The van der Waals surface area contributed by atoms with E-state index in [2.05, 4.69) is 15.0 Å². The van der Waals surface area contributed by atoms with Crippen LogP contribution >= 0.6 is 0 Å².